The lowest BCUT2D eigenvalue weighted by molar-refractivity contribution is -0.148. The van der Waals surface area contributed by atoms with Crippen molar-refractivity contribution in [2.24, 2.45) is 5.92 Å². The van der Waals surface area contributed by atoms with Crippen LogP contribution >= 0.6 is 0 Å². The topological polar surface area (TPSA) is 41.6 Å². The van der Waals surface area contributed by atoms with Crippen molar-refractivity contribution < 1.29 is 9.53 Å². The van der Waals surface area contributed by atoms with Gasteiger partial charge in [0.2, 0.25) is 0 Å². The van der Waals surface area contributed by atoms with Gasteiger partial charge in [0, 0.05) is 25.7 Å². The van der Waals surface area contributed by atoms with Gasteiger partial charge in [0.15, 0.2) is 0 Å². The Labute approximate surface area is 104 Å². The molecule has 3 atom stereocenters. The summed E-state index contributed by atoms with van der Waals surface area (Å²) in [4.78, 5) is 14.3. The summed E-state index contributed by atoms with van der Waals surface area (Å²) in [5.74, 6) is 0.743. The van der Waals surface area contributed by atoms with Crippen molar-refractivity contribution in [3.8, 4) is 0 Å². The molecule has 17 heavy (non-hydrogen) atoms. The molecule has 2 aliphatic rings. The van der Waals surface area contributed by atoms with Gasteiger partial charge in [-0.1, -0.05) is 6.92 Å². The van der Waals surface area contributed by atoms with Gasteiger partial charge >= 0.3 is 0 Å². The Morgan fingerprint density at radius 3 is 2.76 bits per heavy atom. The third kappa shape index (κ3) is 2.99. The lowest BCUT2D eigenvalue weighted by Crippen LogP contribution is -2.52. The SMILES string of the molecule is CNC1CCN(C(=O)C2CCCCO2)CC1C. The first-order valence-electron chi connectivity index (χ1n) is 6.80. The van der Waals surface area contributed by atoms with E-state index in [4.69, 9.17) is 4.74 Å². The van der Waals surface area contributed by atoms with Crippen LogP contribution in [0.15, 0.2) is 0 Å². The zero-order valence-corrected chi connectivity index (χ0v) is 10.9. The lowest BCUT2D eigenvalue weighted by atomic mass is 9.93. The summed E-state index contributed by atoms with van der Waals surface area (Å²) in [5, 5.41) is 3.32. The zero-order chi connectivity index (χ0) is 12.3. The molecule has 0 aromatic heterocycles. The van der Waals surface area contributed by atoms with E-state index in [1.54, 1.807) is 0 Å². The first kappa shape index (κ1) is 12.8. The van der Waals surface area contributed by atoms with E-state index in [0.717, 1.165) is 45.4 Å². The number of carbonyl (C=O) groups is 1. The zero-order valence-electron chi connectivity index (χ0n) is 10.9. The van der Waals surface area contributed by atoms with Gasteiger partial charge in [0.05, 0.1) is 0 Å². The number of hydrogen-bond donors (Lipinski definition) is 1. The Bertz CT molecular complexity index is 264. The number of nitrogens with one attached hydrogen (secondary N) is 1. The highest BCUT2D eigenvalue weighted by Gasteiger charge is 2.32. The second-order valence-corrected chi connectivity index (χ2v) is 5.30. The van der Waals surface area contributed by atoms with Crippen molar-refractivity contribution in [1.82, 2.24) is 10.2 Å². The van der Waals surface area contributed by atoms with Crippen molar-refractivity contribution >= 4 is 5.91 Å². The summed E-state index contributed by atoms with van der Waals surface area (Å²) >= 11 is 0. The van der Waals surface area contributed by atoms with Gasteiger partial charge in [-0.2, -0.15) is 0 Å². The summed E-state index contributed by atoms with van der Waals surface area (Å²) in [7, 11) is 2.00. The van der Waals surface area contributed by atoms with Crippen LogP contribution in [0.3, 0.4) is 0 Å². The molecule has 0 aromatic carbocycles. The molecule has 4 nitrogen and oxygen atoms in total. The van der Waals surface area contributed by atoms with Gasteiger partial charge in [-0.25, -0.2) is 0 Å². The minimum Gasteiger partial charge on any atom is -0.368 e. The monoisotopic (exact) mass is 240 g/mol. The Hall–Kier alpha value is -0.610. The molecule has 4 heteroatoms. The Kier molecular flexibility index (Phi) is 4.40. The fraction of sp³-hybridized carbons (Fsp3) is 0.923. The number of nitrogens with zero attached hydrogens (tertiary/aromatic N) is 1. The number of hydrogen-bond acceptors (Lipinski definition) is 3. The average molecular weight is 240 g/mol. The Balaban J connectivity index is 1.87. The summed E-state index contributed by atoms with van der Waals surface area (Å²) in [6, 6.07) is 0.548. The molecule has 2 aliphatic heterocycles. The molecule has 0 aromatic rings. The molecule has 2 heterocycles. The highest BCUT2D eigenvalue weighted by Crippen LogP contribution is 2.20. The van der Waals surface area contributed by atoms with Crippen molar-refractivity contribution in [2.75, 3.05) is 26.7 Å². The Morgan fingerprint density at radius 2 is 2.18 bits per heavy atom. The van der Waals surface area contributed by atoms with E-state index < -0.39 is 0 Å². The highest BCUT2D eigenvalue weighted by molar-refractivity contribution is 5.81. The van der Waals surface area contributed by atoms with E-state index in [2.05, 4.69) is 12.2 Å². The summed E-state index contributed by atoms with van der Waals surface area (Å²) in [5.41, 5.74) is 0. The van der Waals surface area contributed by atoms with Crippen LogP contribution in [0.1, 0.15) is 32.6 Å². The quantitative estimate of drug-likeness (QED) is 0.783. The lowest BCUT2D eigenvalue weighted by Gasteiger charge is -2.38. The van der Waals surface area contributed by atoms with Crippen molar-refractivity contribution in [3.05, 3.63) is 0 Å². The minimum absolute atomic E-state index is 0.165. The summed E-state index contributed by atoms with van der Waals surface area (Å²) in [6.07, 6.45) is 4.01. The minimum atomic E-state index is -0.165. The number of likely N-dealkylation sites (tertiary alicyclic amines) is 1. The molecule has 1 N–H and O–H groups in total. The molecule has 98 valence electrons. The number of amides is 1. The van der Waals surface area contributed by atoms with Gasteiger partial charge in [0.1, 0.15) is 6.10 Å². The van der Waals surface area contributed by atoms with Gasteiger partial charge in [0.25, 0.3) is 5.91 Å². The third-order valence-corrected chi connectivity index (χ3v) is 4.04. The molecular formula is C13H24N2O2. The first-order chi connectivity index (χ1) is 8.22. The molecule has 0 bridgehead atoms. The van der Waals surface area contributed by atoms with Crippen LogP contribution in [0.2, 0.25) is 0 Å². The molecule has 1 amide bonds. The predicted octanol–water partition coefficient (Wildman–Crippen LogP) is 1.01. The van der Waals surface area contributed by atoms with Crippen LogP contribution < -0.4 is 5.32 Å². The van der Waals surface area contributed by atoms with Crippen LogP contribution in [-0.2, 0) is 9.53 Å². The van der Waals surface area contributed by atoms with Crippen LogP contribution in [0, 0.1) is 5.92 Å². The van der Waals surface area contributed by atoms with E-state index in [9.17, 15) is 4.79 Å². The normalized spacial score (nSPS) is 34.7. The van der Waals surface area contributed by atoms with Crippen LogP contribution in [-0.4, -0.2) is 49.7 Å². The van der Waals surface area contributed by atoms with Gasteiger partial charge < -0.3 is 15.0 Å². The number of rotatable bonds is 2. The molecule has 2 rings (SSSR count). The first-order valence-corrected chi connectivity index (χ1v) is 6.80. The molecule has 2 fully saturated rings. The number of carbonyl (C=O) groups excluding carboxylic acids is 1. The number of piperidine rings is 1. The summed E-state index contributed by atoms with van der Waals surface area (Å²) < 4.78 is 5.57. The van der Waals surface area contributed by atoms with Crippen molar-refractivity contribution in [1.29, 1.82) is 0 Å². The van der Waals surface area contributed by atoms with Gasteiger partial charge in [-0.3, -0.25) is 4.79 Å². The molecule has 0 radical (unpaired) electrons. The maximum Gasteiger partial charge on any atom is 0.251 e. The second kappa shape index (κ2) is 5.83. The maximum atomic E-state index is 12.3. The fourth-order valence-corrected chi connectivity index (χ4v) is 2.91. The van der Waals surface area contributed by atoms with E-state index in [1.165, 1.54) is 0 Å². The van der Waals surface area contributed by atoms with Gasteiger partial charge in [-0.05, 0) is 38.6 Å². The van der Waals surface area contributed by atoms with E-state index in [1.807, 2.05) is 11.9 Å². The highest BCUT2D eigenvalue weighted by atomic mass is 16.5. The fourth-order valence-electron chi connectivity index (χ4n) is 2.91. The van der Waals surface area contributed by atoms with E-state index in [0.29, 0.717) is 12.0 Å². The van der Waals surface area contributed by atoms with Crippen LogP contribution in [0.4, 0.5) is 0 Å². The van der Waals surface area contributed by atoms with Gasteiger partial charge in [-0.15, -0.1) is 0 Å². The predicted molar refractivity (Wildman–Crippen MR) is 66.8 cm³/mol. The third-order valence-electron chi connectivity index (χ3n) is 4.04. The molecular weight excluding hydrogens is 216 g/mol. The molecule has 0 spiro atoms. The molecule has 0 aliphatic carbocycles. The van der Waals surface area contributed by atoms with Crippen LogP contribution in [0.5, 0.6) is 0 Å². The van der Waals surface area contributed by atoms with Crippen LogP contribution in [0.25, 0.3) is 0 Å². The van der Waals surface area contributed by atoms with E-state index in [-0.39, 0.29) is 12.0 Å². The molecule has 2 saturated heterocycles. The average Bonchev–Trinajstić information content (AvgIpc) is 2.39. The number of ether oxygens (including phenoxy) is 1. The standard InChI is InChI=1S/C13H24N2O2/c1-10-9-15(7-6-11(10)14-2)13(16)12-5-3-4-8-17-12/h10-12,14H,3-9H2,1-2H3. The van der Waals surface area contributed by atoms with Crippen molar-refractivity contribution in [3.63, 3.8) is 0 Å². The Morgan fingerprint density at radius 1 is 1.35 bits per heavy atom. The largest absolute Gasteiger partial charge is 0.368 e. The second-order valence-electron chi connectivity index (χ2n) is 5.30. The maximum absolute atomic E-state index is 12.3. The molecule has 0 saturated carbocycles. The van der Waals surface area contributed by atoms with E-state index >= 15 is 0 Å². The summed E-state index contributed by atoms with van der Waals surface area (Å²) in [6.45, 7) is 4.69. The van der Waals surface area contributed by atoms with Crippen molar-refractivity contribution in [2.45, 2.75) is 44.8 Å². The smallest absolute Gasteiger partial charge is 0.251 e. The molecule has 3 unspecified atom stereocenters.